The number of aromatic nitrogens is 4. The standard InChI is InChI=1S/C13H20N6S/c1-8(14)10-3-5-19(6-4-10)13-16-12(17-18-13)11-9(2)15-7-20-11/h7-8,10H,3-6,14H2,1-2H3,(H,16,17,18). The topological polar surface area (TPSA) is 83.7 Å². The predicted octanol–water partition coefficient (Wildman–Crippen LogP) is 1.80. The Labute approximate surface area is 122 Å². The van der Waals surface area contributed by atoms with Crippen LogP contribution in [0.2, 0.25) is 0 Å². The number of aryl methyl sites for hydroxylation is 1. The van der Waals surface area contributed by atoms with Crippen molar-refractivity contribution in [2.75, 3.05) is 18.0 Å². The molecule has 3 rings (SSSR count). The fourth-order valence-corrected chi connectivity index (χ4v) is 3.39. The Morgan fingerprint density at radius 2 is 2.20 bits per heavy atom. The van der Waals surface area contributed by atoms with Gasteiger partial charge in [-0.05, 0) is 32.6 Å². The second-order valence-electron chi connectivity index (χ2n) is 5.43. The van der Waals surface area contributed by atoms with Gasteiger partial charge in [-0.1, -0.05) is 0 Å². The monoisotopic (exact) mass is 292 g/mol. The SMILES string of the molecule is Cc1ncsc1-c1nc(N2CCC(C(C)N)CC2)n[nH]1. The van der Waals surface area contributed by atoms with E-state index < -0.39 is 0 Å². The van der Waals surface area contributed by atoms with E-state index in [2.05, 4.69) is 32.0 Å². The number of thiazole rings is 1. The molecule has 3 heterocycles. The van der Waals surface area contributed by atoms with E-state index >= 15 is 0 Å². The normalized spacial score (nSPS) is 18.4. The molecule has 0 bridgehead atoms. The van der Waals surface area contributed by atoms with Gasteiger partial charge in [0.2, 0.25) is 5.95 Å². The summed E-state index contributed by atoms with van der Waals surface area (Å²) in [6, 6.07) is 0.277. The summed E-state index contributed by atoms with van der Waals surface area (Å²) >= 11 is 1.59. The van der Waals surface area contributed by atoms with Gasteiger partial charge in [0.15, 0.2) is 5.82 Å². The van der Waals surface area contributed by atoms with Crippen molar-refractivity contribution in [3.8, 4) is 10.7 Å². The first-order valence-corrected chi connectivity index (χ1v) is 7.86. The highest BCUT2D eigenvalue weighted by Gasteiger charge is 2.24. The van der Waals surface area contributed by atoms with E-state index in [9.17, 15) is 0 Å². The number of anilines is 1. The van der Waals surface area contributed by atoms with Gasteiger partial charge in [-0.25, -0.2) is 4.98 Å². The molecule has 7 heteroatoms. The average molecular weight is 292 g/mol. The average Bonchev–Trinajstić information content (AvgIpc) is 3.07. The Kier molecular flexibility index (Phi) is 3.71. The molecular weight excluding hydrogens is 272 g/mol. The van der Waals surface area contributed by atoms with Crippen molar-refractivity contribution in [2.45, 2.75) is 32.7 Å². The maximum Gasteiger partial charge on any atom is 0.245 e. The summed E-state index contributed by atoms with van der Waals surface area (Å²) in [4.78, 5) is 12.1. The first kappa shape index (κ1) is 13.5. The Balaban J connectivity index is 1.71. The Morgan fingerprint density at radius 1 is 1.45 bits per heavy atom. The van der Waals surface area contributed by atoms with Gasteiger partial charge in [0, 0.05) is 19.1 Å². The van der Waals surface area contributed by atoms with E-state index in [0.717, 1.165) is 48.3 Å². The summed E-state index contributed by atoms with van der Waals surface area (Å²) < 4.78 is 0. The van der Waals surface area contributed by atoms with Crippen LogP contribution in [-0.2, 0) is 0 Å². The van der Waals surface area contributed by atoms with E-state index in [1.54, 1.807) is 11.3 Å². The van der Waals surface area contributed by atoms with Crippen LogP contribution < -0.4 is 10.6 Å². The lowest BCUT2D eigenvalue weighted by Crippen LogP contribution is -2.40. The van der Waals surface area contributed by atoms with Crippen LogP contribution in [0.3, 0.4) is 0 Å². The molecule has 108 valence electrons. The molecule has 1 saturated heterocycles. The molecular formula is C13H20N6S. The molecule has 0 amide bonds. The molecule has 0 radical (unpaired) electrons. The van der Waals surface area contributed by atoms with Crippen LogP contribution >= 0.6 is 11.3 Å². The molecule has 2 aromatic rings. The molecule has 0 spiro atoms. The van der Waals surface area contributed by atoms with Crippen LogP contribution in [0.4, 0.5) is 5.95 Å². The zero-order valence-corrected chi connectivity index (χ0v) is 12.7. The molecule has 1 fully saturated rings. The van der Waals surface area contributed by atoms with Gasteiger partial charge in [-0.2, -0.15) is 4.98 Å². The minimum Gasteiger partial charge on any atom is -0.340 e. The van der Waals surface area contributed by atoms with Crippen molar-refractivity contribution < 1.29 is 0 Å². The number of aromatic amines is 1. The Bertz CT molecular complexity index is 567. The second kappa shape index (κ2) is 5.49. The molecule has 0 saturated carbocycles. The van der Waals surface area contributed by atoms with Crippen molar-refractivity contribution in [3.05, 3.63) is 11.2 Å². The number of hydrogen-bond acceptors (Lipinski definition) is 6. The minimum atomic E-state index is 0.277. The summed E-state index contributed by atoms with van der Waals surface area (Å²) in [6.07, 6.45) is 2.22. The molecule has 2 aromatic heterocycles. The van der Waals surface area contributed by atoms with E-state index in [0.29, 0.717) is 5.92 Å². The number of piperidine rings is 1. The van der Waals surface area contributed by atoms with E-state index in [4.69, 9.17) is 5.73 Å². The highest BCUT2D eigenvalue weighted by atomic mass is 32.1. The van der Waals surface area contributed by atoms with Crippen LogP contribution in [0.1, 0.15) is 25.5 Å². The smallest absolute Gasteiger partial charge is 0.245 e. The van der Waals surface area contributed by atoms with Crippen molar-refractivity contribution in [3.63, 3.8) is 0 Å². The number of nitrogens with one attached hydrogen (secondary N) is 1. The summed E-state index contributed by atoms with van der Waals surface area (Å²) in [5, 5.41) is 7.37. The lowest BCUT2D eigenvalue weighted by atomic mass is 9.91. The molecule has 6 nitrogen and oxygen atoms in total. The first-order chi connectivity index (χ1) is 9.65. The van der Waals surface area contributed by atoms with Crippen LogP contribution in [0, 0.1) is 12.8 Å². The van der Waals surface area contributed by atoms with Crippen molar-refractivity contribution >= 4 is 17.3 Å². The molecule has 1 atom stereocenters. The van der Waals surface area contributed by atoms with E-state index in [1.807, 2.05) is 12.4 Å². The highest BCUT2D eigenvalue weighted by Crippen LogP contribution is 2.27. The van der Waals surface area contributed by atoms with Crippen LogP contribution in [-0.4, -0.2) is 39.3 Å². The van der Waals surface area contributed by atoms with Crippen LogP contribution in [0.5, 0.6) is 0 Å². The third kappa shape index (κ3) is 2.55. The largest absolute Gasteiger partial charge is 0.340 e. The van der Waals surface area contributed by atoms with Crippen molar-refractivity contribution in [2.24, 2.45) is 11.7 Å². The van der Waals surface area contributed by atoms with Gasteiger partial charge in [0.05, 0.1) is 16.1 Å². The van der Waals surface area contributed by atoms with Gasteiger partial charge in [-0.15, -0.1) is 16.4 Å². The lowest BCUT2D eigenvalue weighted by molar-refractivity contribution is 0.352. The molecule has 3 N–H and O–H groups in total. The second-order valence-corrected chi connectivity index (χ2v) is 6.29. The molecule has 1 unspecified atom stereocenters. The third-order valence-corrected chi connectivity index (χ3v) is 4.94. The fourth-order valence-electron chi connectivity index (χ4n) is 2.65. The number of rotatable bonds is 3. The van der Waals surface area contributed by atoms with Crippen molar-refractivity contribution in [1.29, 1.82) is 0 Å². The molecule has 1 aliphatic rings. The first-order valence-electron chi connectivity index (χ1n) is 6.98. The van der Waals surface area contributed by atoms with E-state index in [1.165, 1.54) is 0 Å². The van der Waals surface area contributed by atoms with Crippen molar-refractivity contribution in [1.82, 2.24) is 20.2 Å². The number of hydrogen-bond donors (Lipinski definition) is 2. The van der Waals surface area contributed by atoms with Gasteiger partial charge < -0.3 is 10.6 Å². The Hall–Kier alpha value is -1.47. The Morgan fingerprint density at radius 3 is 2.80 bits per heavy atom. The zero-order chi connectivity index (χ0) is 14.1. The number of nitrogens with zero attached hydrogens (tertiary/aromatic N) is 4. The molecule has 20 heavy (non-hydrogen) atoms. The van der Waals surface area contributed by atoms with E-state index in [-0.39, 0.29) is 6.04 Å². The fraction of sp³-hybridized carbons (Fsp3) is 0.615. The third-order valence-electron chi connectivity index (χ3n) is 4.00. The number of nitrogens with two attached hydrogens (primary N) is 1. The lowest BCUT2D eigenvalue weighted by Gasteiger charge is -2.32. The molecule has 1 aliphatic heterocycles. The summed E-state index contributed by atoms with van der Waals surface area (Å²) in [6.45, 7) is 6.04. The zero-order valence-electron chi connectivity index (χ0n) is 11.8. The number of H-pyrrole nitrogens is 1. The van der Waals surface area contributed by atoms with Gasteiger partial charge in [0.1, 0.15) is 0 Å². The highest BCUT2D eigenvalue weighted by molar-refractivity contribution is 7.13. The minimum absolute atomic E-state index is 0.277. The van der Waals surface area contributed by atoms with Gasteiger partial charge >= 0.3 is 0 Å². The van der Waals surface area contributed by atoms with Gasteiger partial charge in [0.25, 0.3) is 0 Å². The van der Waals surface area contributed by atoms with Crippen LogP contribution in [0.15, 0.2) is 5.51 Å². The van der Waals surface area contributed by atoms with Crippen LogP contribution in [0.25, 0.3) is 10.7 Å². The van der Waals surface area contributed by atoms with Gasteiger partial charge in [-0.3, -0.25) is 5.10 Å². The quantitative estimate of drug-likeness (QED) is 0.901. The molecule has 0 aliphatic carbocycles. The summed E-state index contributed by atoms with van der Waals surface area (Å²) in [5.74, 6) is 2.22. The maximum atomic E-state index is 5.97. The molecule has 0 aromatic carbocycles. The predicted molar refractivity (Wildman–Crippen MR) is 80.8 cm³/mol. The maximum absolute atomic E-state index is 5.97. The summed E-state index contributed by atoms with van der Waals surface area (Å²) in [7, 11) is 0. The summed E-state index contributed by atoms with van der Waals surface area (Å²) in [5.41, 5.74) is 8.80.